The lowest BCUT2D eigenvalue weighted by Gasteiger charge is -2.08. The molecule has 0 saturated heterocycles. The van der Waals surface area contributed by atoms with Crippen LogP contribution in [0.15, 0.2) is 41.1 Å². The minimum Gasteiger partial charge on any atom is -0.459 e. The summed E-state index contributed by atoms with van der Waals surface area (Å²) >= 11 is 0. The van der Waals surface area contributed by atoms with Crippen molar-refractivity contribution in [1.29, 1.82) is 0 Å². The Hall–Kier alpha value is -2.14. The van der Waals surface area contributed by atoms with E-state index >= 15 is 0 Å². The van der Waals surface area contributed by atoms with E-state index in [-0.39, 0.29) is 6.04 Å². The molecule has 0 spiro atoms. The fourth-order valence-corrected chi connectivity index (χ4v) is 2.19. The standard InChI is InChI=1S/C14H16N4O/c1-2-18-14(16-9-17-18)8-11(15)13-7-10-5-3-4-6-12(10)19-13/h3-7,9,11H,2,8,15H2,1H3. The van der Waals surface area contributed by atoms with Crippen LogP contribution < -0.4 is 5.73 Å². The molecule has 2 aromatic heterocycles. The first kappa shape index (κ1) is 11.9. The molecule has 98 valence electrons. The van der Waals surface area contributed by atoms with Gasteiger partial charge in [0, 0.05) is 18.4 Å². The van der Waals surface area contributed by atoms with Crippen molar-refractivity contribution in [3.05, 3.63) is 48.2 Å². The minimum atomic E-state index is -0.207. The van der Waals surface area contributed by atoms with Gasteiger partial charge in [-0.2, -0.15) is 5.10 Å². The summed E-state index contributed by atoms with van der Waals surface area (Å²) in [4.78, 5) is 4.24. The number of hydrogen-bond acceptors (Lipinski definition) is 4. The predicted octanol–water partition coefficient (Wildman–Crippen LogP) is 2.29. The summed E-state index contributed by atoms with van der Waals surface area (Å²) in [6.45, 7) is 2.83. The van der Waals surface area contributed by atoms with Crippen molar-refractivity contribution in [3.63, 3.8) is 0 Å². The minimum absolute atomic E-state index is 0.207. The molecule has 0 aliphatic carbocycles. The predicted molar refractivity (Wildman–Crippen MR) is 72.5 cm³/mol. The van der Waals surface area contributed by atoms with Crippen LogP contribution in [0.1, 0.15) is 24.6 Å². The number of furan rings is 1. The first-order chi connectivity index (χ1) is 9.28. The van der Waals surface area contributed by atoms with Crippen LogP contribution in [-0.4, -0.2) is 14.8 Å². The molecule has 2 heterocycles. The van der Waals surface area contributed by atoms with Crippen LogP contribution in [0.2, 0.25) is 0 Å². The van der Waals surface area contributed by atoms with Gasteiger partial charge in [-0.1, -0.05) is 18.2 Å². The molecule has 19 heavy (non-hydrogen) atoms. The fraction of sp³-hybridized carbons (Fsp3) is 0.286. The van der Waals surface area contributed by atoms with Crippen LogP contribution in [0.3, 0.4) is 0 Å². The van der Waals surface area contributed by atoms with Crippen molar-refractivity contribution in [3.8, 4) is 0 Å². The Morgan fingerprint density at radius 2 is 2.21 bits per heavy atom. The highest BCUT2D eigenvalue weighted by atomic mass is 16.3. The van der Waals surface area contributed by atoms with Crippen LogP contribution in [0.5, 0.6) is 0 Å². The molecular weight excluding hydrogens is 240 g/mol. The Morgan fingerprint density at radius 3 is 3.00 bits per heavy atom. The average Bonchev–Trinajstić information content (AvgIpc) is 3.03. The van der Waals surface area contributed by atoms with E-state index in [0.717, 1.165) is 29.1 Å². The third-order valence-corrected chi connectivity index (χ3v) is 3.21. The third kappa shape index (κ3) is 2.24. The first-order valence-electron chi connectivity index (χ1n) is 6.38. The van der Waals surface area contributed by atoms with Gasteiger partial charge in [0.2, 0.25) is 0 Å². The van der Waals surface area contributed by atoms with Gasteiger partial charge in [0.05, 0.1) is 6.04 Å². The van der Waals surface area contributed by atoms with Crippen LogP contribution in [0, 0.1) is 0 Å². The molecule has 1 aromatic carbocycles. The lowest BCUT2D eigenvalue weighted by Crippen LogP contribution is -2.16. The molecule has 0 aliphatic heterocycles. The highest BCUT2D eigenvalue weighted by molar-refractivity contribution is 5.77. The number of rotatable bonds is 4. The monoisotopic (exact) mass is 256 g/mol. The van der Waals surface area contributed by atoms with Crippen molar-refractivity contribution in [2.45, 2.75) is 25.9 Å². The summed E-state index contributed by atoms with van der Waals surface area (Å²) < 4.78 is 7.62. The van der Waals surface area contributed by atoms with E-state index < -0.39 is 0 Å². The van der Waals surface area contributed by atoms with Gasteiger partial charge in [-0.15, -0.1) is 0 Å². The van der Waals surface area contributed by atoms with Crippen molar-refractivity contribution in [1.82, 2.24) is 14.8 Å². The average molecular weight is 256 g/mol. The fourth-order valence-electron chi connectivity index (χ4n) is 2.19. The Balaban J connectivity index is 1.85. The summed E-state index contributed by atoms with van der Waals surface area (Å²) in [5.41, 5.74) is 7.06. The zero-order chi connectivity index (χ0) is 13.2. The van der Waals surface area contributed by atoms with Gasteiger partial charge >= 0.3 is 0 Å². The smallest absolute Gasteiger partial charge is 0.138 e. The second-order valence-electron chi connectivity index (χ2n) is 4.49. The quantitative estimate of drug-likeness (QED) is 0.777. The number of aromatic nitrogens is 3. The molecule has 0 radical (unpaired) electrons. The molecule has 0 amide bonds. The van der Waals surface area contributed by atoms with E-state index in [1.54, 1.807) is 6.33 Å². The van der Waals surface area contributed by atoms with Gasteiger partial charge in [0.1, 0.15) is 23.5 Å². The maximum atomic E-state index is 6.20. The van der Waals surface area contributed by atoms with E-state index in [0.29, 0.717) is 6.42 Å². The molecule has 3 aromatic rings. The Morgan fingerprint density at radius 1 is 1.37 bits per heavy atom. The second kappa shape index (κ2) is 4.85. The van der Waals surface area contributed by atoms with Gasteiger partial charge < -0.3 is 10.2 Å². The zero-order valence-corrected chi connectivity index (χ0v) is 10.8. The van der Waals surface area contributed by atoms with Gasteiger partial charge in [0.15, 0.2) is 0 Å². The van der Waals surface area contributed by atoms with Crippen molar-refractivity contribution >= 4 is 11.0 Å². The van der Waals surface area contributed by atoms with Crippen LogP contribution in [-0.2, 0) is 13.0 Å². The van der Waals surface area contributed by atoms with E-state index in [1.807, 2.05) is 41.9 Å². The molecule has 0 bridgehead atoms. The maximum absolute atomic E-state index is 6.20. The number of hydrogen-bond donors (Lipinski definition) is 1. The number of aryl methyl sites for hydroxylation is 1. The Labute approximate surface area is 111 Å². The molecule has 0 saturated carbocycles. The van der Waals surface area contributed by atoms with E-state index in [9.17, 15) is 0 Å². The van der Waals surface area contributed by atoms with Gasteiger partial charge in [-0.05, 0) is 19.1 Å². The summed E-state index contributed by atoms with van der Waals surface area (Å²) in [6.07, 6.45) is 2.18. The van der Waals surface area contributed by atoms with Crippen molar-refractivity contribution in [2.24, 2.45) is 5.73 Å². The number of nitrogens with two attached hydrogens (primary N) is 1. The van der Waals surface area contributed by atoms with Crippen molar-refractivity contribution in [2.75, 3.05) is 0 Å². The molecule has 5 nitrogen and oxygen atoms in total. The third-order valence-electron chi connectivity index (χ3n) is 3.21. The molecule has 0 fully saturated rings. The lowest BCUT2D eigenvalue weighted by atomic mass is 10.1. The molecule has 1 unspecified atom stereocenters. The van der Waals surface area contributed by atoms with E-state index in [2.05, 4.69) is 10.1 Å². The summed E-state index contributed by atoms with van der Waals surface area (Å²) in [5, 5.41) is 5.22. The molecule has 3 rings (SSSR count). The van der Waals surface area contributed by atoms with Crippen molar-refractivity contribution < 1.29 is 4.42 Å². The summed E-state index contributed by atoms with van der Waals surface area (Å²) in [7, 11) is 0. The molecule has 1 atom stereocenters. The molecule has 2 N–H and O–H groups in total. The Kier molecular flexibility index (Phi) is 3.05. The number of nitrogens with zero attached hydrogens (tertiary/aromatic N) is 3. The number of benzene rings is 1. The highest BCUT2D eigenvalue weighted by Gasteiger charge is 2.15. The van der Waals surface area contributed by atoms with Crippen LogP contribution in [0.25, 0.3) is 11.0 Å². The summed E-state index contributed by atoms with van der Waals surface area (Å²) in [5.74, 6) is 1.67. The van der Waals surface area contributed by atoms with Gasteiger partial charge in [-0.25, -0.2) is 4.98 Å². The second-order valence-corrected chi connectivity index (χ2v) is 4.49. The maximum Gasteiger partial charge on any atom is 0.138 e. The normalized spacial score (nSPS) is 12.9. The van der Waals surface area contributed by atoms with Crippen LogP contribution >= 0.6 is 0 Å². The van der Waals surface area contributed by atoms with E-state index in [1.165, 1.54) is 0 Å². The molecular formula is C14H16N4O. The van der Waals surface area contributed by atoms with Gasteiger partial charge in [0.25, 0.3) is 0 Å². The first-order valence-corrected chi connectivity index (χ1v) is 6.38. The van der Waals surface area contributed by atoms with E-state index in [4.69, 9.17) is 10.2 Å². The zero-order valence-electron chi connectivity index (χ0n) is 10.8. The number of para-hydroxylation sites is 1. The topological polar surface area (TPSA) is 69.9 Å². The lowest BCUT2D eigenvalue weighted by molar-refractivity contribution is 0.478. The summed E-state index contributed by atoms with van der Waals surface area (Å²) in [6, 6.07) is 9.69. The number of fused-ring (bicyclic) bond motifs is 1. The largest absolute Gasteiger partial charge is 0.459 e. The highest BCUT2D eigenvalue weighted by Crippen LogP contribution is 2.24. The molecule has 5 heteroatoms. The van der Waals surface area contributed by atoms with Crippen LogP contribution in [0.4, 0.5) is 0 Å². The van der Waals surface area contributed by atoms with Gasteiger partial charge in [-0.3, -0.25) is 4.68 Å². The Bertz CT molecular complexity index is 652. The SMILES string of the molecule is CCn1ncnc1CC(N)c1cc2ccccc2o1. The molecule has 0 aliphatic rings.